The smallest absolute Gasteiger partial charge is 0.322 e. The number of allylic oxidation sites excluding steroid dienone is 2. The number of methoxy groups -OCH3 is 2. The Bertz CT molecular complexity index is 362. The normalized spacial score (nSPS) is 24.3. The summed E-state index contributed by atoms with van der Waals surface area (Å²) in [6.45, 7) is 0. The molecule has 4 heteroatoms. The van der Waals surface area contributed by atoms with E-state index in [0.717, 1.165) is 5.57 Å². The third-order valence-corrected chi connectivity index (χ3v) is 2.24. The molecule has 0 aromatic heterocycles. The van der Waals surface area contributed by atoms with Crippen LogP contribution in [0.4, 0.5) is 0 Å². The minimum absolute atomic E-state index is 0.294. The van der Waals surface area contributed by atoms with E-state index in [2.05, 4.69) is 0 Å². The molecule has 0 aromatic carbocycles. The molecule has 2 rings (SSSR count). The first-order chi connectivity index (χ1) is 6.76. The standard InChI is InChI=1S/C10H10O4/c1-12-6-3-7-8(5-14-10(7)11)9(4-6)13-2/h3-5,7H,1-2H3. The second kappa shape index (κ2) is 3.21. The quantitative estimate of drug-likeness (QED) is 0.618. The molecular weight excluding hydrogens is 184 g/mol. The number of hydrogen-bond acceptors (Lipinski definition) is 4. The summed E-state index contributed by atoms with van der Waals surface area (Å²) in [5.74, 6) is 0.546. The van der Waals surface area contributed by atoms with Crippen LogP contribution in [0.2, 0.25) is 0 Å². The molecule has 1 heterocycles. The third-order valence-electron chi connectivity index (χ3n) is 2.24. The average molecular weight is 194 g/mol. The fourth-order valence-corrected chi connectivity index (χ4v) is 1.49. The van der Waals surface area contributed by atoms with Gasteiger partial charge in [-0.15, -0.1) is 0 Å². The molecule has 0 bridgehead atoms. The van der Waals surface area contributed by atoms with Crippen LogP contribution >= 0.6 is 0 Å². The Hall–Kier alpha value is -1.71. The lowest BCUT2D eigenvalue weighted by Crippen LogP contribution is -2.15. The molecule has 1 unspecified atom stereocenters. The second-order valence-corrected chi connectivity index (χ2v) is 2.97. The van der Waals surface area contributed by atoms with Gasteiger partial charge in [0.15, 0.2) is 0 Å². The Morgan fingerprint density at radius 3 is 2.79 bits per heavy atom. The summed E-state index contributed by atoms with van der Waals surface area (Å²) in [5, 5.41) is 0. The Kier molecular flexibility index (Phi) is 2.04. The first-order valence-corrected chi connectivity index (χ1v) is 4.18. The number of carbonyl (C=O) groups is 1. The van der Waals surface area contributed by atoms with Crippen LogP contribution in [-0.2, 0) is 19.0 Å². The van der Waals surface area contributed by atoms with Gasteiger partial charge in [-0.2, -0.15) is 0 Å². The number of cyclic esters (lactones) is 1. The van der Waals surface area contributed by atoms with Gasteiger partial charge >= 0.3 is 5.97 Å². The maximum Gasteiger partial charge on any atom is 0.322 e. The molecule has 1 aliphatic heterocycles. The van der Waals surface area contributed by atoms with Crippen LogP contribution in [0.1, 0.15) is 0 Å². The van der Waals surface area contributed by atoms with Crippen LogP contribution in [0.5, 0.6) is 0 Å². The van der Waals surface area contributed by atoms with E-state index in [4.69, 9.17) is 14.2 Å². The summed E-state index contributed by atoms with van der Waals surface area (Å²) in [7, 11) is 3.09. The Morgan fingerprint density at radius 1 is 1.36 bits per heavy atom. The SMILES string of the molecule is COC1=CC2C(=O)OC=C2C(OC)=C1. The highest BCUT2D eigenvalue weighted by Gasteiger charge is 2.34. The van der Waals surface area contributed by atoms with Crippen LogP contribution in [0, 0.1) is 5.92 Å². The van der Waals surface area contributed by atoms with Gasteiger partial charge < -0.3 is 14.2 Å². The zero-order valence-electron chi connectivity index (χ0n) is 7.94. The van der Waals surface area contributed by atoms with Crippen molar-refractivity contribution in [3.8, 4) is 0 Å². The molecule has 2 aliphatic rings. The maximum atomic E-state index is 11.3. The monoisotopic (exact) mass is 194 g/mol. The van der Waals surface area contributed by atoms with Crippen LogP contribution in [0.3, 0.4) is 0 Å². The fraction of sp³-hybridized carbons (Fsp3) is 0.300. The van der Waals surface area contributed by atoms with E-state index < -0.39 is 0 Å². The molecule has 14 heavy (non-hydrogen) atoms. The van der Waals surface area contributed by atoms with E-state index in [1.54, 1.807) is 26.4 Å². The Morgan fingerprint density at radius 2 is 2.14 bits per heavy atom. The van der Waals surface area contributed by atoms with Crippen molar-refractivity contribution in [3.05, 3.63) is 35.5 Å². The van der Waals surface area contributed by atoms with Gasteiger partial charge in [-0.25, -0.2) is 0 Å². The molecule has 0 saturated heterocycles. The largest absolute Gasteiger partial charge is 0.497 e. The predicted molar refractivity (Wildman–Crippen MR) is 47.8 cm³/mol. The number of hydrogen-bond donors (Lipinski definition) is 0. The Balaban J connectivity index is 2.39. The molecule has 1 aliphatic carbocycles. The van der Waals surface area contributed by atoms with E-state index in [-0.39, 0.29) is 11.9 Å². The summed E-state index contributed by atoms with van der Waals surface area (Å²) in [5.41, 5.74) is 0.748. The molecular formula is C10H10O4. The fourth-order valence-electron chi connectivity index (χ4n) is 1.49. The third kappa shape index (κ3) is 1.19. The summed E-state index contributed by atoms with van der Waals surface area (Å²) >= 11 is 0. The van der Waals surface area contributed by atoms with Crippen molar-refractivity contribution >= 4 is 5.97 Å². The van der Waals surface area contributed by atoms with Gasteiger partial charge in [0.2, 0.25) is 0 Å². The van der Waals surface area contributed by atoms with Gasteiger partial charge in [-0.1, -0.05) is 0 Å². The van der Waals surface area contributed by atoms with Crippen molar-refractivity contribution in [2.75, 3.05) is 14.2 Å². The molecule has 74 valence electrons. The highest BCUT2D eigenvalue weighted by molar-refractivity contribution is 5.83. The second-order valence-electron chi connectivity index (χ2n) is 2.97. The average Bonchev–Trinajstić information content (AvgIpc) is 2.59. The van der Waals surface area contributed by atoms with E-state index in [0.29, 0.717) is 11.5 Å². The topological polar surface area (TPSA) is 44.8 Å². The Labute approximate surface area is 81.4 Å². The zero-order valence-corrected chi connectivity index (χ0v) is 7.94. The van der Waals surface area contributed by atoms with Gasteiger partial charge in [0, 0.05) is 11.6 Å². The molecule has 0 spiro atoms. The number of ether oxygens (including phenoxy) is 3. The van der Waals surface area contributed by atoms with Crippen molar-refractivity contribution in [1.82, 2.24) is 0 Å². The minimum Gasteiger partial charge on any atom is -0.497 e. The van der Waals surface area contributed by atoms with E-state index in [1.165, 1.54) is 6.26 Å². The van der Waals surface area contributed by atoms with E-state index in [9.17, 15) is 4.79 Å². The van der Waals surface area contributed by atoms with Crippen molar-refractivity contribution < 1.29 is 19.0 Å². The van der Waals surface area contributed by atoms with E-state index in [1.807, 2.05) is 0 Å². The molecule has 1 atom stereocenters. The number of esters is 1. The van der Waals surface area contributed by atoms with E-state index >= 15 is 0 Å². The van der Waals surface area contributed by atoms with Crippen molar-refractivity contribution in [2.24, 2.45) is 5.92 Å². The van der Waals surface area contributed by atoms with Crippen molar-refractivity contribution in [2.45, 2.75) is 0 Å². The lowest BCUT2D eigenvalue weighted by atomic mass is 9.95. The summed E-state index contributed by atoms with van der Waals surface area (Å²) in [6, 6.07) is 0. The number of carbonyl (C=O) groups excluding carboxylic acids is 1. The molecule has 4 nitrogen and oxygen atoms in total. The van der Waals surface area contributed by atoms with Crippen LogP contribution in [0.15, 0.2) is 35.5 Å². The molecule has 0 amide bonds. The first kappa shape index (κ1) is 8.87. The number of rotatable bonds is 2. The molecule has 0 saturated carbocycles. The zero-order chi connectivity index (χ0) is 10.1. The van der Waals surface area contributed by atoms with Crippen LogP contribution < -0.4 is 0 Å². The van der Waals surface area contributed by atoms with Gasteiger partial charge in [0.25, 0.3) is 0 Å². The van der Waals surface area contributed by atoms with Gasteiger partial charge in [-0.3, -0.25) is 4.79 Å². The van der Waals surface area contributed by atoms with Crippen LogP contribution in [0.25, 0.3) is 0 Å². The first-order valence-electron chi connectivity index (χ1n) is 4.18. The van der Waals surface area contributed by atoms with Crippen molar-refractivity contribution in [1.29, 1.82) is 0 Å². The molecule has 0 N–H and O–H groups in total. The van der Waals surface area contributed by atoms with Gasteiger partial charge in [-0.05, 0) is 6.08 Å². The predicted octanol–water partition coefficient (Wildman–Crippen LogP) is 1.12. The van der Waals surface area contributed by atoms with Gasteiger partial charge in [0.05, 0.1) is 14.2 Å². The maximum absolute atomic E-state index is 11.3. The van der Waals surface area contributed by atoms with Gasteiger partial charge in [0.1, 0.15) is 23.7 Å². The lowest BCUT2D eigenvalue weighted by Gasteiger charge is -2.16. The highest BCUT2D eigenvalue weighted by atomic mass is 16.5. The van der Waals surface area contributed by atoms with Crippen molar-refractivity contribution in [3.63, 3.8) is 0 Å². The molecule has 0 radical (unpaired) electrons. The molecule has 0 aromatic rings. The lowest BCUT2D eigenvalue weighted by molar-refractivity contribution is -0.137. The van der Waals surface area contributed by atoms with Crippen LogP contribution in [-0.4, -0.2) is 20.2 Å². The highest BCUT2D eigenvalue weighted by Crippen LogP contribution is 2.33. The summed E-state index contributed by atoms with van der Waals surface area (Å²) in [4.78, 5) is 11.3. The summed E-state index contributed by atoms with van der Waals surface area (Å²) < 4.78 is 15.0. The molecule has 0 fully saturated rings. The number of fused-ring (bicyclic) bond motifs is 1. The summed E-state index contributed by atoms with van der Waals surface area (Å²) in [6.07, 6.45) is 4.86. The minimum atomic E-state index is -0.384.